The number of nitrogens with one attached hydrogen (secondary N) is 1. The van der Waals surface area contributed by atoms with Crippen LogP contribution in [0.15, 0.2) is 47.6 Å². The van der Waals surface area contributed by atoms with Crippen molar-refractivity contribution >= 4 is 29.4 Å². The first-order valence-electron chi connectivity index (χ1n) is 6.02. The summed E-state index contributed by atoms with van der Waals surface area (Å²) in [6.45, 7) is 0. The molecule has 0 aromatic heterocycles. The number of halogens is 1. The lowest BCUT2D eigenvalue weighted by molar-refractivity contribution is -0.398. The Morgan fingerprint density at radius 3 is 2.73 bits per heavy atom. The van der Waals surface area contributed by atoms with Gasteiger partial charge >= 0.3 is 0 Å². The van der Waals surface area contributed by atoms with Crippen LogP contribution in [-0.4, -0.2) is 17.0 Å². The molecule has 0 unspecified atom stereocenters. The van der Waals surface area contributed by atoms with Gasteiger partial charge in [-0.3, -0.25) is 14.9 Å². The minimum atomic E-state index is -0.774. The van der Waals surface area contributed by atoms with Crippen LogP contribution in [0.4, 0.5) is 5.69 Å². The van der Waals surface area contributed by atoms with Gasteiger partial charge in [-0.05, 0) is 23.9 Å². The maximum Gasteiger partial charge on any atom is 0.271 e. The summed E-state index contributed by atoms with van der Waals surface area (Å²) in [5, 5.41) is 26.0. The van der Waals surface area contributed by atoms with Crippen LogP contribution < -0.4 is 10.5 Å². The first-order valence-corrected chi connectivity index (χ1v) is 6.39. The fraction of sp³-hybridized carbons (Fsp3) is 0. The molecule has 0 fully saturated rings. The van der Waals surface area contributed by atoms with Crippen LogP contribution in [0.25, 0.3) is 0 Å². The van der Waals surface area contributed by atoms with Crippen molar-refractivity contribution in [2.75, 3.05) is 0 Å². The summed E-state index contributed by atoms with van der Waals surface area (Å²) >= 11 is 5.77. The molecule has 22 heavy (non-hydrogen) atoms. The Balaban J connectivity index is 2.08. The third kappa shape index (κ3) is 3.80. The van der Waals surface area contributed by atoms with E-state index in [9.17, 15) is 20.0 Å². The molecule has 8 heteroatoms. The first kappa shape index (κ1) is 15.5. The Morgan fingerprint density at radius 2 is 2.05 bits per heavy atom. The molecule has 112 valence electrons. The molecular formula is C14H9ClN3O4-. The number of amides is 1. The molecule has 1 amide bonds. The fourth-order valence-corrected chi connectivity index (χ4v) is 1.81. The second-order valence-electron chi connectivity index (χ2n) is 4.19. The highest BCUT2D eigenvalue weighted by Gasteiger charge is 2.07. The Kier molecular flexibility index (Phi) is 4.70. The van der Waals surface area contributed by atoms with Crippen LogP contribution in [-0.2, 0) is 0 Å². The van der Waals surface area contributed by atoms with Crippen LogP contribution in [0, 0.1) is 10.1 Å². The second-order valence-corrected chi connectivity index (χ2v) is 4.63. The number of benzene rings is 2. The van der Waals surface area contributed by atoms with E-state index in [0.717, 1.165) is 12.1 Å². The van der Waals surface area contributed by atoms with Crippen LogP contribution in [0.3, 0.4) is 0 Å². The van der Waals surface area contributed by atoms with Gasteiger partial charge in [0.25, 0.3) is 11.6 Å². The average molecular weight is 319 g/mol. The number of hydrogen-bond acceptors (Lipinski definition) is 5. The average Bonchev–Trinajstić information content (AvgIpc) is 2.48. The highest BCUT2D eigenvalue weighted by atomic mass is 35.5. The number of nitrogens with zero attached hydrogens (tertiary/aromatic N) is 2. The molecule has 0 spiro atoms. The molecule has 0 saturated heterocycles. The van der Waals surface area contributed by atoms with Crippen molar-refractivity contribution in [3.63, 3.8) is 0 Å². The van der Waals surface area contributed by atoms with Gasteiger partial charge in [-0.15, -0.1) is 0 Å². The molecular weight excluding hydrogens is 310 g/mol. The van der Waals surface area contributed by atoms with E-state index in [2.05, 4.69) is 10.5 Å². The van der Waals surface area contributed by atoms with E-state index < -0.39 is 22.3 Å². The van der Waals surface area contributed by atoms with Gasteiger partial charge in [-0.1, -0.05) is 29.8 Å². The van der Waals surface area contributed by atoms with E-state index in [0.29, 0.717) is 16.1 Å². The van der Waals surface area contributed by atoms with Gasteiger partial charge in [0, 0.05) is 22.2 Å². The molecule has 0 aliphatic carbocycles. The Hall–Kier alpha value is -2.93. The van der Waals surface area contributed by atoms with Crippen molar-refractivity contribution < 1.29 is 14.8 Å². The molecule has 7 nitrogen and oxygen atoms in total. The minimum Gasteiger partial charge on any atom is -0.868 e. The number of hydrazone groups is 1. The number of hydrogen-bond donors (Lipinski definition) is 1. The van der Waals surface area contributed by atoms with E-state index in [-0.39, 0.29) is 0 Å². The van der Waals surface area contributed by atoms with E-state index in [4.69, 9.17) is 11.6 Å². The third-order valence-electron chi connectivity index (χ3n) is 2.65. The fourth-order valence-electron chi connectivity index (χ4n) is 1.62. The molecule has 0 bridgehead atoms. The summed E-state index contributed by atoms with van der Waals surface area (Å²) in [5.41, 5.74) is 2.35. The molecule has 2 rings (SSSR count). The highest BCUT2D eigenvalue weighted by molar-refractivity contribution is 6.30. The molecule has 2 aromatic carbocycles. The normalized spacial score (nSPS) is 10.6. The van der Waals surface area contributed by atoms with E-state index in [1.807, 2.05) is 0 Å². The van der Waals surface area contributed by atoms with E-state index in [1.165, 1.54) is 18.3 Å². The van der Waals surface area contributed by atoms with Crippen molar-refractivity contribution in [3.05, 3.63) is 68.7 Å². The maximum absolute atomic E-state index is 11.8. The predicted octanol–water partition coefficient (Wildman–Crippen LogP) is 2.09. The van der Waals surface area contributed by atoms with Crippen LogP contribution in [0.2, 0.25) is 5.02 Å². The van der Waals surface area contributed by atoms with Crippen molar-refractivity contribution in [2.24, 2.45) is 5.10 Å². The molecule has 0 aliphatic heterocycles. The topological polar surface area (TPSA) is 108 Å². The lowest BCUT2D eigenvalue weighted by atomic mass is 10.2. The molecule has 0 atom stereocenters. The highest BCUT2D eigenvalue weighted by Crippen LogP contribution is 2.22. The molecule has 0 aliphatic rings. The lowest BCUT2D eigenvalue weighted by Gasteiger charge is -2.06. The van der Waals surface area contributed by atoms with Crippen molar-refractivity contribution in [1.82, 2.24) is 5.43 Å². The molecule has 0 radical (unpaired) electrons. The Labute approximate surface area is 130 Å². The van der Waals surface area contributed by atoms with Crippen molar-refractivity contribution in [3.8, 4) is 5.75 Å². The summed E-state index contributed by atoms with van der Waals surface area (Å²) in [4.78, 5) is 21.7. The summed E-state index contributed by atoms with van der Waals surface area (Å²) < 4.78 is 0. The largest absolute Gasteiger partial charge is 0.868 e. The van der Waals surface area contributed by atoms with Crippen molar-refractivity contribution in [2.45, 2.75) is 0 Å². The zero-order valence-corrected chi connectivity index (χ0v) is 11.8. The van der Waals surface area contributed by atoms with Crippen molar-refractivity contribution in [1.29, 1.82) is 0 Å². The summed E-state index contributed by atoms with van der Waals surface area (Å²) in [7, 11) is 0. The molecule has 0 heterocycles. The standard InChI is InChI=1S/C14H10ClN3O4/c15-11-3-1-2-10(7-11)14(20)17-16-8-9-4-5-13(19)12(6-9)18(21)22/h1-8,19H,(H,17,20)/p-1/b16-8-. The van der Waals surface area contributed by atoms with Gasteiger partial charge in [-0.2, -0.15) is 5.10 Å². The summed E-state index contributed by atoms with van der Waals surface area (Å²) in [6.07, 6.45) is 1.20. The molecule has 1 N–H and O–H groups in total. The molecule has 0 saturated carbocycles. The second kappa shape index (κ2) is 6.68. The van der Waals surface area contributed by atoms with Gasteiger partial charge in [0.15, 0.2) is 0 Å². The van der Waals surface area contributed by atoms with Gasteiger partial charge in [0.1, 0.15) is 0 Å². The molecule has 2 aromatic rings. The number of nitro benzene ring substituents is 1. The van der Waals surface area contributed by atoms with Gasteiger partial charge < -0.3 is 5.11 Å². The maximum atomic E-state index is 11.8. The smallest absolute Gasteiger partial charge is 0.271 e. The van der Waals surface area contributed by atoms with Crippen LogP contribution in [0.1, 0.15) is 15.9 Å². The van der Waals surface area contributed by atoms with E-state index >= 15 is 0 Å². The first-order chi connectivity index (χ1) is 10.5. The quantitative estimate of drug-likeness (QED) is 0.529. The monoisotopic (exact) mass is 318 g/mol. The van der Waals surface area contributed by atoms with Crippen LogP contribution >= 0.6 is 11.6 Å². The number of carbonyl (C=O) groups excluding carboxylic acids is 1. The minimum absolute atomic E-state index is 0.317. The van der Waals surface area contributed by atoms with Gasteiger partial charge in [0.2, 0.25) is 0 Å². The van der Waals surface area contributed by atoms with E-state index in [1.54, 1.807) is 18.2 Å². The zero-order valence-electron chi connectivity index (χ0n) is 11.0. The summed E-state index contributed by atoms with van der Waals surface area (Å²) in [6, 6.07) is 9.81. The summed E-state index contributed by atoms with van der Waals surface area (Å²) in [5.74, 6) is -1.17. The lowest BCUT2D eigenvalue weighted by Crippen LogP contribution is -2.17. The SMILES string of the molecule is O=C(N/N=C\c1ccc([O-])c([N+](=O)[O-])c1)c1cccc(Cl)c1. The number of rotatable bonds is 4. The van der Waals surface area contributed by atoms with Gasteiger partial charge in [-0.25, -0.2) is 5.43 Å². The zero-order chi connectivity index (χ0) is 16.1. The number of carbonyl (C=O) groups is 1. The Morgan fingerprint density at radius 1 is 1.27 bits per heavy atom. The number of nitro groups is 1. The predicted molar refractivity (Wildman–Crippen MR) is 79.1 cm³/mol. The van der Waals surface area contributed by atoms with Gasteiger partial charge in [0.05, 0.1) is 11.1 Å². The Bertz CT molecular complexity index is 762. The van der Waals surface area contributed by atoms with Crippen LogP contribution in [0.5, 0.6) is 5.75 Å². The third-order valence-corrected chi connectivity index (χ3v) is 2.88.